The molecule has 1 aromatic heterocycles. The van der Waals surface area contributed by atoms with Gasteiger partial charge in [-0.05, 0) is 31.9 Å². The molecule has 0 bridgehead atoms. The zero-order valence-corrected chi connectivity index (χ0v) is 18.8. The van der Waals surface area contributed by atoms with Gasteiger partial charge in [0.1, 0.15) is 5.82 Å². The molecule has 1 aliphatic carbocycles. The van der Waals surface area contributed by atoms with Crippen molar-refractivity contribution in [1.82, 2.24) is 30.3 Å². The Balaban J connectivity index is 1.44. The minimum Gasteiger partial charge on any atom is -0.356 e. The van der Waals surface area contributed by atoms with Gasteiger partial charge in [-0.15, -0.1) is 10.2 Å². The summed E-state index contributed by atoms with van der Waals surface area (Å²) in [7, 11) is 1.79. The SMILES string of the molecule is CCC(=O)N1CCC(NC(=NC)NCCCc2nnc(SC)n2C2CCCC2)C1. The number of amides is 1. The van der Waals surface area contributed by atoms with Crippen LogP contribution >= 0.6 is 11.8 Å². The molecule has 1 saturated carbocycles. The van der Waals surface area contributed by atoms with Crippen molar-refractivity contribution in [2.24, 2.45) is 4.99 Å². The van der Waals surface area contributed by atoms with E-state index < -0.39 is 0 Å². The number of nitrogens with zero attached hydrogens (tertiary/aromatic N) is 5. The minimum absolute atomic E-state index is 0.230. The second kappa shape index (κ2) is 10.8. The molecule has 9 heteroatoms. The molecule has 2 heterocycles. The van der Waals surface area contributed by atoms with Gasteiger partial charge in [-0.1, -0.05) is 31.5 Å². The van der Waals surface area contributed by atoms with Crippen LogP contribution in [0.1, 0.15) is 63.7 Å². The minimum atomic E-state index is 0.230. The molecule has 29 heavy (non-hydrogen) atoms. The van der Waals surface area contributed by atoms with E-state index in [1.165, 1.54) is 25.7 Å². The number of likely N-dealkylation sites (tertiary alicyclic amines) is 1. The molecule has 1 aromatic rings. The third-order valence-electron chi connectivity index (χ3n) is 5.89. The van der Waals surface area contributed by atoms with Gasteiger partial charge in [0.2, 0.25) is 5.91 Å². The lowest BCUT2D eigenvalue weighted by Gasteiger charge is -2.19. The van der Waals surface area contributed by atoms with E-state index in [9.17, 15) is 4.79 Å². The molecule has 162 valence electrons. The summed E-state index contributed by atoms with van der Waals surface area (Å²) in [6.45, 7) is 4.33. The van der Waals surface area contributed by atoms with E-state index in [4.69, 9.17) is 0 Å². The second-order valence-corrected chi connectivity index (χ2v) is 8.61. The van der Waals surface area contributed by atoms with Crippen LogP contribution < -0.4 is 10.6 Å². The molecule has 0 aromatic carbocycles. The van der Waals surface area contributed by atoms with Crippen molar-refractivity contribution in [1.29, 1.82) is 0 Å². The van der Waals surface area contributed by atoms with E-state index in [2.05, 4.69) is 36.6 Å². The van der Waals surface area contributed by atoms with Gasteiger partial charge in [0.15, 0.2) is 11.1 Å². The molecule has 1 atom stereocenters. The van der Waals surface area contributed by atoms with Crippen molar-refractivity contribution >= 4 is 23.6 Å². The predicted octanol–water partition coefficient (Wildman–Crippen LogP) is 2.22. The zero-order chi connectivity index (χ0) is 20.6. The maximum Gasteiger partial charge on any atom is 0.222 e. The smallest absolute Gasteiger partial charge is 0.222 e. The van der Waals surface area contributed by atoms with Gasteiger partial charge >= 0.3 is 0 Å². The lowest BCUT2D eigenvalue weighted by atomic mass is 10.2. The van der Waals surface area contributed by atoms with Gasteiger partial charge in [0, 0.05) is 51.6 Å². The highest BCUT2D eigenvalue weighted by atomic mass is 32.2. The fourth-order valence-corrected chi connectivity index (χ4v) is 4.89. The summed E-state index contributed by atoms with van der Waals surface area (Å²) < 4.78 is 2.38. The lowest BCUT2D eigenvalue weighted by Crippen LogP contribution is -2.45. The third-order valence-corrected chi connectivity index (χ3v) is 6.53. The standard InChI is InChI=1S/C20H35N7OS/c1-4-18(28)26-13-11-15(14-26)23-19(21-2)22-12-7-10-17-24-25-20(29-3)27(17)16-8-5-6-9-16/h15-16H,4-14H2,1-3H3,(H2,21,22,23). The van der Waals surface area contributed by atoms with Crippen LogP contribution in [0, 0.1) is 0 Å². The van der Waals surface area contributed by atoms with Crippen LogP contribution in [0.4, 0.5) is 0 Å². The number of thioether (sulfide) groups is 1. The van der Waals surface area contributed by atoms with E-state index in [0.717, 1.165) is 55.8 Å². The molecule has 1 aliphatic heterocycles. The highest BCUT2D eigenvalue weighted by Gasteiger charge is 2.26. The number of guanidine groups is 1. The fourth-order valence-electron chi connectivity index (χ4n) is 4.32. The molecular weight excluding hydrogens is 386 g/mol. The fraction of sp³-hybridized carbons (Fsp3) is 0.800. The summed E-state index contributed by atoms with van der Waals surface area (Å²) in [6, 6.07) is 0.840. The Labute approximate surface area is 178 Å². The van der Waals surface area contributed by atoms with Crippen molar-refractivity contribution in [2.45, 2.75) is 75.5 Å². The Kier molecular flexibility index (Phi) is 8.20. The monoisotopic (exact) mass is 421 g/mol. The Morgan fingerprint density at radius 2 is 2.07 bits per heavy atom. The maximum atomic E-state index is 11.8. The van der Waals surface area contributed by atoms with Crippen molar-refractivity contribution in [2.75, 3.05) is 32.9 Å². The van der Waals surface area contributed by atoms with Gasteiger partial charge in [-0.2, -0.15) is 0 Å². The van der Waals surface area contributed by atoms with Crippen LogP contribution in [0.5, 0.6) is 0 Å². The number of hydrogen-bond acceptors (Lipinski definition) is 5. The van der Waals surface area contributed by atoms with Gasteiger partial charge in [-0.25, -0.2) is 0 Å². The van der Waals surface area contributed by atoms with Crippen LogP contribution in [0.15, 0.2) is 10.1 Å². The van der Waals surface area contributed by atoms with Gasteiger partial charge in [0.25, 0.3) is 0 Å². The molecule has 0 radical (unpaired) electrons. The molecule has 0 spiro atoms. The predicted molar refractivity (Wildman–Crippen MR) is 117 cm³/mol. The summed E-state index contributed by atoms with van der Waals surface area (Å²) in [5, 5.41) is 16.8. The molecule has 1 amide bonds. The quantitative estimate of drug-likeness (QED) is 0.290. The van der Waals surface area contributed by atoms with Crippen LogP contribution in [-0.4, -0.2) is 70.5 Å². The number of nitrogens with one attached hydrogen (secondary N) is 2. The summed E-state index contributed by atoms with van der Waals surface area (Å²) in [5.74, 6) is 2.15. The maximum absolute atomic E-state index is 11.8. The number of aryl methyl sites for hydroxylation is 1. The molecule has 2 fully saturated rings. The van der Waals surface area contributed by atoms with Crippen molar-refractivity contribution < 1.29 is 4.79 Å². The Morgan fingerprint density at radius 1 is 1.28 bits per heavy atom. The Morgan fingerprint density at radius 3 is 2.76 bits per heavy atom. The van der Waals surface area contributed by atoms with E-state index >= 15 is 0 Å². The normalized spacial score (nSPS) is 20.4. The first kappa shape index (κ1) is 21.9. The van der Waals surface area contributed by atoms with Gasteiger partial charge in [-0.3, -0.25) is 9.79 Å². The van der Waals surface area contributed by atoms with E-state index in [0.29, 0.717) is 12.5 Å². The average molecular weight is 422 g/mol. The summed E-state index contributed by atoms with van der Waals surface area (Å²) in [4.78, 5) is 18.1. The van der Waals surface area contributed by atoms with Crippen LogP contribution in [0.2, 0.25) is 0 Å². The van der Waals surface area contributed by atoms with Crippen LogP contribution in [-0.2, 0) is 11.2 Å². The Bertz CT molecular complexity index is 699. The number of carbonyl (C=O) groups excluding carboxylic acids is 1. The first-order valence-corrected chi connectivity index (χ1v) is 12.1. The molecule has 3 rings (SSSR count). The summed E-state index contributed by atoms with van der Waals surface area (Å²) in [5.41, 5.74) is 0. The molecule has 8 nitrogen and oxygen atoms in total. The number of rotatable bonds is 8. The number of aromatic nitrogens is 3. The highest BCUT2D eigenvalue weighted by molar-refractivity contribution is 7.98. The highest BCUT2D eigenvalue weighted by Crippen LogP contribution is 2.33. The van der Waals surface area contributed by atoms with Crippen LogP contribution in [0.25, 0.3) is 0 Å². The molecule has 2 aliphatic rings. The lowest BCUT2D eigenvalue weighted by molar-refractivity contribution is -0.129. The summed E-state index contributed by atoms with van der Waals surface area (Å²) >= 11 is 1.69. The van der Waals surface area contributed by atoms with E-state index in [1.807, 2.05) is 11.8 Å². The first-order valence-electron chi connectivity index (χ1n) is 10.9. The third kappa shape index (κ3) is 5.65. The van der Waals surface area contributed by atoms with E-state index in [-0.39, 0.29) is 11.9 Å². The summed E-state index contributed by atoms with van der Waals surface area (Å²) in [6.07, 6.45) is 10.6. The number of carbonyl (C=O) groups is 1. The topological polar surface area (TPSA) is 87.4 Å². The first-order chi connectivity index (χ1) is 14.2. The van der Waals surface area contributed by atoms with E-state index in [1.54, 1.807) is 18.8 Å². The largest absolute Gasteiger partial charge is 0.356 e. The molecule has 1 saturated heterocycles. The number of aliphatic imine (C=N–C) groups is 1. The number of hydrogen-bond donors (Lipinski definition) is 2. The van der Waals surface area contributed by atoms with Crippen molar-refractivity contribution in [3.63, 3.8) is 0 Å². The van der Waals surface area contributed by atoms with Gasteiger partial charge < -0.3 is 20.1 Å². The Hall–Kier alpha value is -1.77. The van der Waals surface area contributed by atoms with Crippen molar-refractivity contribution in [3.8, 4) is 0 Å². The van der Waals surface area contributed by atoms with Crippen molar-refractivity contribution in [3.05, 3.63) is 5.82 Å². The van der Waals surface area contributed by atoms with Crippen LogP contribution in [0.3, 0.4) is 0 Å². The van der Waals surface area contributed by atoms with Gasteiger partial charge in [0.05, 0.1) is 0 Å². The molecule has 1 unspecified atom stereocenters. The average Bonchev–Trinajstić information content (AvgIpc) is 3.49. The molecule has 2 N–H and O–H groups in total. The zero-order valence-electron chi connectivity index (χ0n) is 18.0. The molecular formula is C20H35N7OS. The second-order valence-electron chi connectivity index (χ2n) is 7.84.